The second-order valence-electron chi connectivity index (χ2n) is 8.77. The van der Waals surface area contributed by atoms with E-state index in [4.69, 9.17) is 9.72 Å². The van der Waals surface area contributed by atoms with E-state index in [1.165, 1.54) is 24.7 Å². The third-order valence-corrected chi connectivity index (χ3v) is 6.37. The molecule has 1 atom stereocenters. The molecule has 3 aromatic heterocycles. The first-order valence-electron chi connectivity index (χ1n) is 11.2. The lowest BCUT2D eigenvalue weighted by Gasteiger charge is -2.28. The zero-order valence-corrected chi connectivity index (χ0v) is 18.8. The highest BCUT2D eigenvalue weighted by Crippen LogP contribution is 2.32. The van der Waals surface area contributed by atoms with Crippen LogP contribution in [0.1, 0.15) is 37.1 Å². The molecule has 1 saturated heterocycles. The number of fused-ring (bicyclic) bond motifs is 2. The third-order valence-electron chi connectivity index (χ3n) is 6.37. The lowest BCUT2D eigenvalue weighted by atomic mass is 9.98. The Morgan fingerprint density at radius 2 is 2.06 bits per heavy atom. The van der Waals surface area contributed by atoms with Crippen LogP contribution in [0.5, 0.6) is 5.88 Å². The molecule has 1 aliphatic rings. The number of rotatable bonds is 6. The molecule has 0 aliphatic carbocycles. The molecular weight excluding hydrogens is 402 g/mol. The number of aromatic nitrogens is 5. The van der Waals surface area contributed by atoms with Gasteiger partial charge in [0.1, 0.15) is 11.8 Å². The number of ether oxygens (including phenoxy) is 1. The van der Waals surface area contributed by atoms with Gasteiger partial charge in [-0.05, 0) is 69.8 Å². The van der Waals surface area contributed by atoms with Crippen LogP contribution in [0.3, 0.4) is 0 Å². The number of benzene rings is 1. The number of pyridine rings is 1. The Morgan fingerprint density at radius 1 is 1.22 bits per heavy atom. The van der Waals surface area contributed by atoms with Crippen molar-refractivity contribution in [3.8, 4) is 5.88 Å². The standard InChI is InChI=1S/C24H29N7O/c1-15-5-4-6-18-11-19(16(2)29-23-21-22(26-13-25-21)27-14-28-23)30-24(20(15)18)32-12-17-7-9-31(3)10-8-17/h4-6,11,13-14,16-17H,7-10,12H2,1-3H3,(H2,25,26,27,28,29). The van der Waals surface area contributed by atoms with E-state index < -0.39 is 0 Å². The van der Waals surface area contributed by atoms with Crippen LogP contribution >= 0.6 is 0 Å². The Balaban J connectivity index is 1.43. The number of imidazole rings is 1. The molecule has 1 aliphatic heterocycles. The van der Waals surface area contributed by atoms with Crippen molar-refractivity contribution in [1.29, 1.82) is 0 Å². The van der Waals surface area contributed by atoms with Gasteiger partial charge in [0, 0.05) is 5.39 Å². The number of hydrogen-bond acceptors (Lipinski definition) is 7. The molecule has 0 radical (unpaired) electrons. The van der Waals surface area contributed by atoms with E-state index in [-0.39, 0.29) is 6.04 Å². The number of nitrogens with zero attached hydrogens (tertiary/aromatic N) is 5. The monoisotopic (exact) mass is 431 g/mol. The number of anilines is 1. The number of nitrogens with one attached hydrogen (secondary N) is 2. The van der Waals surface area contributed by atoms with Crippen LogP contribution in [-0.2, 0) is 0 Å². The maximum atomic E-state index is 6.37. The van der Waals surface area contributed by atoms with Gasteiger partial charge in [-0.2, -0.15) is 0 Å². The summed E-state index contributed by atoms with van der Waals surface area (Å²) in [4.78, 5) is 23.2. The summed E-state index contributed by atoms with van der Waals surface area (Å²) in [5.41, 5.74) is 3.51. The number of piperidine rings is 1. The molecule has 2 N–H and O–H groups in total. The van der Waals surface area contributed by atoms with Gasteiger partial charge in [0.25, 0.3) is 0 Å². The summed E-state index contributed by atoms with van der Waals surface area (Å²) in [5.74, 6) is 2.00. The molecule has 4 aromatic rings. The van der Waals surface area contributed by atoms with Crippen molar-refractivity contribution < 1.29 is 4.74 Å². The summed E-state index contributed by atoms with van der Waals surface area (Å²) < 4.78 is 6.37. The van der Waals surface area contributed by atoms with Crippen molar-refractivity contribution in [3.05, 3.63) is 48.2 Å². The van der Waals surface area contributed by atoms with Crippen molar-refractivity contribution >= 4 is 27.8 Å². The highest BCUT2D eigenvalue weighted by atomic mass is 16.5. The SMILES string of the molecule is Cc1cccc2cc(C(C)Nc3ncnc4nc[nH]c34)nc(OCC3CCN(C)CC3)c12. The van der Waals surface area contributed by atoms with Gasteiger partial charge in [0.2, 0.25) is 5.88 Å². The summed E-state index contributed by atoms with van der Waals surface area (Å²) in [6.07, 6.45) is 5.48. The van der Waals surface area contributed by atoms with Gasteiger partial charge in [-0.3, -0.25) is 0 Å². The number of aromatic amines is 1. The molecular formula is C24H29N7O. The minimum atomic E-state index is -0.0769. The third kappa shape index (κ3) is 4.10. The molecule has 0 saturated carbocycles. The zero-order chi connectivity index (χ0) is 22.1. The Morgan fingerprint density at radius 3 is 2.91 bits per heavy atom. The minimum Gasteiger partial charge on any atom is -0.477 e. The smallest absolute Gasteiger partial charge is 0.221 e. The van der Waals surface area contributed by atoms with Crippen LogP contribution in [0.25, 0.3) is 21.9 Å². The summed E-state index contributed by atoms with van der Waals surface area (Å²) in [5, 5.41) is 5.69. The predicted octanol–water partition coefficient (Wildman–Crippen LogP) is 4.10. The van der Waals surface area contributed by atoms with Crippen LogP contribution in [0, 0.1) is 12.8 Å². The normalized spacial score (nSPS) is 16.5. The van der Waals surface area contributed by atoms with E-state index in [2.05, 4.69) is 75.3 Å². The first-order chi connectivity index (χ1) is 15.6. The molecule has 0 bridgehead atoms. The van der Waals surface area contributed by atoms with Crippen LogP contribution < -0.4 is 10.1 Å². The van der Waals surface area contributed by atoms with Gasteiger partial charge in [-0.15, -0.1) is 0 Å². The Labute approximate surface area is 187 Å². The van der Waals surface area contributed by atoms with E-state index in [1.807, 2.05) is 0 Å². The van der Waals surface area contributed by atoms with E-state index in [0.29, 0.717) is 24.0 Å². The largest absolute Gasteiger partial charge is 0.477 e. The molecule has 1 aromatic carbocycles. The summed E-state index contributed by atoms with van der Waals surface area (Å²) in [6.45, 7) is 7.15. The minimum absolute atomic E-state index is 0.0769. The molecule has 32 heavy (non-hydrogen) atoms. The number of H-pyrrole nitrogens is 1. The van der Waals surface area contributed by atoms with E-state index in [1.54, 1.807) is 6.33 Å². The van der Waals surface area contributed by atoms with Gasteiger partial charge in [0.15, 0.2) is 11.5 Å². The Bertz CT molecular complexity index is 1230. The Kier molecular flexibility index (Phi) is 5.61. The average molecular weight is 432 g/mol. The number of hydrogen-bond donors (Lipinski definition) is 2. The van der Waals surface area contributed by atoms with Crippen molar-refractivity contribution in [2.75, 3.05) is 32.1 Å². The van der Waals surface area contributed by atoms with E-state index in [0.717, 1.165) is 41.0 Å². The molecule has 0 spiro atoms. The molecule has 5 rings (SSSR count). The highest BCUT2D eigenvalue weighted by Gasteiger charge is 2.20. The summed E-state index contributed by atoms with van der Waals surface area (Å²) >= 11 is 0. The molecule has 8 heteroatoms. The quantitative estimate of drug-likeness (QED) is 0.475. The summed E-state index contributed by atoms with van der Waals surface area (Å²) in [6, 6.07) is 8.38. The molecule has 4 heterocycles. The summed E-state index contributed by atoms with van der Waals surface area (Å²) in [7, 11) is 2.18. The zero-order valence-electron chi connectivity index (χ0n) is 18.8. The van der Waals surface area contributed by atoms with Gasteiger partial charge in [0.05, 0.1) is 24.7 Å². The average Bonchev–Trinajstić information content (AvgIpc) is 3.28. The fraction of sp³-hybridized carbons (Fsp3) is 0.417. The number of aryl methyl sites for hydroxylation is 1. The van der Waals surface area contributed by atoms with Crippen LogP contribution in [0.4, 0.5) is 5.82 Å². The molecule has 8 nitrogen and oxygen atoms in total. The van der Waals surface area contributed by atoms with Gasteiger partial charge >= 0.3 is 0 Å². The van der Waals surface area contributed by atoms with Crippen molar-refractivity contribution in [3.63, 3.8) is 0 Å². The lowest BCUT2D eigenvalue weighted by Crippen LogP contribution is -2.32. The van der Waals surface area contributed by atoms with Crippen LogP contribution in [-0.4, -0.2) is 56.6 Å². The second kappa shape index (κ2) is 8.70. The topological polar surface area (TPSA) is 91.9 Å². The fourth-order valence-electron chi connectivity index (χ4n) is 4.37. The molecule has 1 fully saturated rings. The van der Waals surface area contributed by atoms with Crippen LogP contribution in [0.2, 0.25) is 0 Å². The Hall–Kier alpha value is -3.26. The van der Waals surface area contributed by atoms with Crippen molar-refractivity contribution in [2.24, 2.45) is 5.92 Å². The molecule has 166 valence electrons. The first kappa shape index (κ1) is 20.6. The lowest BCUT2D eigenvalue weighted by molar-refractivity contribution is 0.158. The van der Waals surface area contributed by atoms with Crippen molar-refractivity contribution in [2.45, 2.75) is 32.7 Å². The maximum Gasteiger partial charge on any atom is 0.221 e. The second-order valence-corrected chi connectivity index (χ2v) is 8.77. The van der Waals surface area contributed by atoms with Gasteiger partial charge < -0.3 is 19.9 Å². The van der Waals surface area contributed by atoms with Crippen molar-refractivity contribution in [1.82, 2.24) is 29.8 Å². The fourth-order valence-corrected chi connectivity index (χ4v) is 4.37. The first-order valence-corrected chi connectivity index (χ1v) is 11.2. The molecule has 1 unspecified atom stereocenters. The van der Waals surface area contributed by atoms with E-state index >= 15 is 0 Å². The molecule has 0 amide bonds. The van der Waals surface area contributed by atoms with E-state index in [9.17, 15) is 0 Å². The predicted molar refractivity (Wildman–Crippen MR) is 126 cm³/mol. The van der Waals surface area contributed by atoms with Gasteiger partial charge in [-0.25, -0.2) is 19.9 Å². The maximum absolute atomic E-state index is 6.37. The van der Waals surface area contributed by atoms with Crippen LogP contribution in [0.15, 0.2) is 36.9 Å². The highest BCUT2D eigenvalue weighted by molar-refractivity contribution is 5.90. The van der Waals surface area contributed by atoms with Gasteiger partial charge in [-0.1, -0.05) is 18.2 Å². The number of likely N-dealkylation sites (tertiary alicyclic amines) is 1.